The van der Waals surface area contributed by atoms with Gasteiger partial charge in [-0.3, -0.25) is 19.7 Å². The molecule has 0 unspecified atom stereocenters. The van der Waals surface area contributed by atoms with Crippen molar-refractivity contribution in [2.45, 2.75) is 13.5 Å². The van der Waals surface area contributed by atoms with Crippen LogP contribution in [-0.2, 0) is 11.1 Å². The van der Waals surface area contributed by atoms with Crippen LogP contribution in [0.1, 0.15) is 21.6 Å². The third kappa shape index (κ3) is 4.59. The Bertz CT molecular complexity index is 1710. The van der Waals surface area contributed by atoms with E-state index in [2.05, 4.69) is 37.3 Å². The van der Waals surface area contributed by atoms with Crippen LogP contribution in [0.3, 0.4) is 0 Å². The number of rotatable bonds is 5. The highest BCUT2D eigenvalue weighted by Gasteiger charge is 2.33. The number of hydrogen-bond donors (Lipinski definition) is 1. The number of carbonyl (C=O) groups is 1. The van der Waals surface area contributed by atoms with Crippen molar-refractivity contribution in [3.05, 3.63) is 96.0 Å². The number of aryl methyl sites for hydroxylation is 1. The molecule has 8 nitrogen and oxygen atoms in total. The van der Waals surface area contributed by atoms with E-state index in [4.69, 9.17) is 0 Å². The summed E-state index contributed by atoms with van der Waals surface area (Å²) in [5.74, 6) is -0.985. The van der Waals surface area contributed by atoms with Crippen molar-refractivity contribution < 1.29 is 13.8 Å². The maximum Gasteiger partial charge on any atom is 0.257 e. The number of halogens is 1. The Hall–Kier alpha value is -3.94. The number of imidazole rings is 1. The molecule has 6 rings (SSSR count). The van der Waals surface area contributed by atoms with E-state index in [0.717, 1.165) is 19.6 Å². The van der Waals surface area contributed by atoms with Gasteiger partial charge < -0.3 is 14.3 Å². The smallest absolute Gasteiger partial charge is 0.257 e. The van der Waals surface area contributed by atoms with Gasteiger partial charge in [0.15, 0.2) is 11.5 Å². The number of anilines is 1. The molecule has 0 radical (unpaired) electrons. The second-order valence-electron chi connectivity index (χ2n) is 9.63. The Morgan fingerprint density at radius 1 is 1.03 bits per heavy atom. The summed E-state index contributed by atoms with van der Waals surface area (Å²) in [7, 11) is -2.74. The van der Waals surface area contributed by atoms with Crippen molar-refractivity contribution in [2.24, 2.45) is 0 Å². The molecule has 1 aliphatic heterocycles. The predicted octanol–water partition coefficient (Wildman–Crippen LogP) is 4.48. The standard InChI is InChI=1S/C28H26FN6O2P/c1-19-16-35-18-21(15-23(29)27(35)32-19)33-28(36)22-7-8-24(26-25(22)30-9-10-31-26)38(37)13-11-34(12-14-38)17-20-5-3-2-4-6-20/h2-10,15-16,18H,11-14,17H2,1H3,(H,33,36). The molecule has 0 saturated carbocycles. The third-order valence-electron chi connectivity index (χ3n) is 6.98. The highest BCUT2D eigenvalue weighted by Crippen LogP contribution is 2.48. The van der Waals surface area contributed by atoms with Gasteiger partial charge in [0.1, 0.15) is 18.2 Å². The summed E-state index contributed by atoms with van der Waals surface area (Å²) in [5, 5.41) is 3.42. The zero-order valence-corrected chi connectivity index (χ0v) is 21.7. The largest absolute Gasteiger partial charge is 0.320 e. The summed E-state index contributed by atoms with van der Waals surface area (Å²) >= 11 is 0. The number of benzene rings is 2. The Kier molecular flexibility index (Phi) is 6.26. The van der Waals surface area contributed by atoms with Crippen molar-refractivity contribution in [1.82, 2.24) is 24.3 Å². The maximum atomic E-state index is 14.5. The normalized spacial score (nSPS) is 15.6. The van der Waals surface area contributed by atoms with E-state index in [1.807, 2.05) is 18.2 Å². The number of hydrogen-bond acceptors (Lipinski definition) is 6. The molecule has 5 aromatic rings. The van der Waals surface area contributed by atoms with Gasteiger partial charge in [-0.25, -0.2) is 9.37 Å². The molecule has 1 saturated heterocycles. The van der Waals surface area contributed by atoms with E-state index >= 15 is 0 Å². The van der Waals surface area contributed by atoms with Crippen molar-refractivity contribution >= 4 is 40.7 Å². The highest BCUT2D eigenvalue weighted by atomic mass is 31.2. The lowest BCUT2D eigenvalue weighted by atomic mass is 10.1. The maximum absolute atomic E-state index is 14.5. The summed E-state index contributed by atoms with van der Waals surface area (Å²) in [6.45, 7) is 4.04. The Morgan fingerprint density at radius 3 is 2.53 bits per heavy atom. The van der Waals surface area contributed by atoms with E-state index < -0.39 is 18.9 Å². The topological polar surface area (TPSA) is 92.5 Å². The first kappa shape index (κ1) is 24.4. The zero-order chi connectivity index (χ0) is 26.3. The van der Waals surface area contributed by atoms with Gasteiger partial charge in [-0.2, -0.15) is 0 Å². The summed E-state index contributed by atoms with van der Waals surface area (Å²) < 4.78 is 30.2. The number of nitrogens with zero attached hydrogens (tertiary/aromatic N) is 5. The van der Waals surface area contributed by atoms with E-state index in [0.29, 0.717) is 34.4 Å². The number of fused-ring (bicyclic) bond motifs is 2. The van der Waals surface area contributed by atoms with Gasteiger partial charge in [-0.15, -0.1) is 0 Å². The Morgan fingerprint density at radius 2 is 1.76 bits per heavy atom. The minimum atomic E-state index is -2.74. The van der Waals surface area contributed by atoms with E-state index in [-0.39, 0.29) is 16.9 Å². The number of aromatic nitrogens is 4. The van der Waals surface area contributed by atoms with Crippen LogP contribution in [-0.4, -0.2) is 55.6 Å². The molecule has 192 valence electrons. The molecule has 2 aromatic carbocycles. The summed E-state index contributed by atoms with van der Waals surface area (Å²) in [6, 6.07) is 14.9. The first-order chi connectivity index (χ1) is 18.4. The van der Waals surface area contributed by atoms with E-state index in [1.165, 1.54) is 22.2 Å². The molecule has 3 aromatic heterocycles. The van der Waals surface area contributed by atoms with Gasteiger partial charge in [0.25, 0.3) is 5.91 Å². The van der Waals surface area contributed by atoms with E-state index in [9.17, 15) is 13.8 Å². The molecule has 0 aliphatic carbocycles. The lowest BCUT2D eigenvalue weighted by Crippen LogP contribution is -2.36. The molecule has 38 heavy (non-hydrogen) atoms. The number of pyridine rings is 1. The molecule has 4 heterocycles. The van der Waals surface area contributed by atoms with Gasteiger partial charge in [-0.05, 0) is 24.6 Å². The molecule has 1 amide bonds. The minimum Gasteiger partial charge on any atom is -0.320 e. The van der Waals surface area contributed by atoms with Crippen LogP contribution in [0.4, 0.5) is 10.1 Å². The quantitative estimate of drug-likeness (QED) is 0.338. The fourth-order valence-corrected chi connectivity index (χ4v) is 7.88. The molecule has 0 bridgehead atoms. The fraction of sp³-hybridized carbons (Fsp3) is 0.214. The van der Waals surface area contributed by atoms with Crippen molar-refractivity contribution in [1.29, 1.82) is 0 Å². The summed E-state index contributed by atoms with van der Waals surface area (Å²) in [4.78, 5) is 28.7. The Balaban J connectivity index is 1.26. The molecule has 0 atom stereocenters. The molecular weight excluding hydrogens is 502 g/mol. The SMILES string of the molecule is Cc1cn2cc(NC(=O)c3ccc(P4(=O)CCN(Cc5ccccc5)CC4)c4nccnc34)cc(F)c2n1. The second-order valence-corrected chi connectivity index (χ2v) is 12.8. The van der Waals surface area contributed by atoms with Gasteiger partial charge in [0.2, 0.25) is 0 Å². The average Bonchev–Trinajstić information content (AvgIpc) is 3.30. The monoisotopic (exact) mass is 528 g/mol. The lowest BCUT2D eigenvalue weighted by molar-refractivity contribution is 0.102. The van der Waals surface area contributed by atoms with Crippen molar-refractivity contribution in [3.8, 4) is 0 Å². The molecule has 0 spiro atoms. The number of amides is 1. The van der Waals surface area contributed by atoms with Gasteiger partial charge in [0.05, 0.1) is 16.9 Å². The van der Waals surface area contributed by atoms with Gasteiger partial charge in [-0.1, -0.05) is 30.3 Å². The first-order valence-corrected chi connectivity index (χ1v) is 14.5. The Labute approximate surface area is 218 Å². The molecule has 1 aliphatic rings. The molecular formula is C28H26FN6O2P. The van der Waals surface area contributed by atoms with Crippen LogP contribution in [0.25, 0.3) is 16.7 Å². The van der Waals surface area contributed by atoms with Gasteiger partial charge >= 0.3 is 0 Å². The van der Waals surface area contributed by atoms with Crippen LogP contribution in [0.2, 0.25) is 0 Å². The van der Waals surface area contributed by atoms with Crippen LogP contribution in [0, 0.1) is 12.7 Å². The molecule has 10 heteroatoms. The van der Waals surface area contributed by atoms with Crippen LogP contribution < -0.4 is 10.6 Å². The fourth-order valence-electron chi connectivity index (χ4n) is 5.07. The van der Waals surface area contributed by atoms with Crippen molar-refractivity contribution in [2.75, 3.05) is 30.7 Å². The molecule has 1 N–H and O–H groups in total. The number of carbonyl (C=O) groups excluding carboxylic acids is 1. The van der Waals surface area contributed by atoms with Crippen LogP contribution in [0.5, 0.6) is 0 Å². The van der Waals surface area contributed by atoms with Crippen LogP contribution >= 0.6 is 7.14 Å². The number of nitrogens with one attached hydrogen (secondary N) is 1. The lowest BCUT2D eigenvalue weighted by Gasteiger charge is -2.32. The zero-order valence-electron chi connectivity index (χ0n) is 20.8. The van der Waals surface area contributed by atoms with E-state index in [1.54, 1.807) is 37.6 Å². The van der Waals surface area contributed by atoms with Crippen LogP contribution in [0.15, 0.2) is 73.3 Å². The highest BCUT2D eigenvalue weighted by molar-refractivity contribution is 7.72. The first-order valence-electron chi connectivity index (χ1n) is 12.4. The van der Waals surface area contributed by atoms with Gasteiger partial charge in [0, 0.05) is 68.1 Å². The summed E-state index contributed by atoms with van der Waals surface area (Å²) in [6.07, 6.45) is 7.45. The average molecular weight is 529 g/mol. The second kappa shape index (κ2) is 9.74. The minimum absolute atomic E-state index is 0.195. The summed E-state index contributed by atoms with van der Waals surface area (Å²) in [5.41, 5.74) is 3.53. The molecule has 1 fully saturated rings. The third-order valence-corrected chi connectivity index (χ3v) is 10.1. The van der Waals surface area contributed by atoms with Crippen molar-refractivity contribution in [3.63, 3.8) is 0 Å². The predicted molar refractivity (Wildman–Crippen MR) is 146 cm³/mol.